The average Bonchev–Trinajstić information content (AvgIpc) is 3.85. The summed E-state index contributed by atoms with van der Waals surface area (Å²) < 4.78 is 161. The molecule has 1 fully saturated rings. The fourth-order valence-electron chi connectivity index (χ4n) is 8.49. The number of hydrazine groups is 1. The zero-order chi connectivity index (χ0) is 57.4. The minimum absolute atomic E-state index is 0.00420. The third-order valence-corrected chi connectivity index (χ3v) is 13.3. The van der Waals surface area contributed by atoms with Crippen LogP contribution < -0.4 is 15.6 Å². The van der Waals surface area contributed by atoms with Crippen LogP contribution in [0.2, 0.25) is 0 Å². The summed E-state index contributed by atoms with van der Waals surface area (Å²) >= 11 is 0. The highest BCUT2D eigenvalue weighted by molar-refractivity contribution is 5.88. The van der Waals surface area contributed by atoms with Gasteiger partial charge in [-0.1, -0.05) is 37.8 Å². The first kappa shape index (κ1) is 61.1. The van der Waals surface area contributed by atoms with E-state index in [1.54, 1.807) is 24.4 Å². The minimum atomic E-state index is -5.16. The number of alkyl carbamates (subject to hydrolysis) is 1. The van der Waals surface area contributed by atoms with Gasteiger partial charge in [0.15, 0.2) is 5.78 Å². The monoisotopic (exact) mass is 1100 g/mol. The summed E-state index contributed by atoms with van der Waals surface area (Å²) in [6.45, 7) is 2.46. The number of halogens is 10. The van der Waals surface area contributed by atoms with Gasteiger partial charge in [-0.05, 0) is 87.6 Å². The maximum absolute atomic E-state index is 16.0. The lowest BCUT2D eigenvalue weighted by Crippen LogP contribution is -2.57. The predicted molar refractivity (Wildman–Crippen MR) is 258 cm³/mol. The molecule has 3 N–H and O–H groups in total. The van der Waals surface area contributed by atoms with E-state index in [9.17, 15) is 59.4 Å². The molecule has 2 aromatic carbocycles. The number of nitrogens with zero attached hydrogens (tertiary/aromatic N) is 5. The van der Waals surface area contributed by atoms with Crippen LogP contribution in [0, 0.1) is 46.1 Å². The molecule has 0 aliphatic carbocycles. The van der Waals surface area contributed by atoms with E-state index in [2.05, 4.69) is 41.7 Å². The quantitative estimate of drug-likeness (QED) is 0.0333. The van der Waals surface area contributed by atoms with E-state index in [1.807, 2.05) is 25.2 Å². The number of ketones is 1. The number of esters is 1. The van der Waals surface area contributed by atoms with E-state index >= 15 is 8.78 Å². The Hall–Kier alpha value is -6.78. The predicted octanol–water partition coefficient (Wildman–Crippen LogP) is 8.72. The number of rotatable bonds is 20. The highest BCUT2D eigenvalue weighted by Gasteiger charge is 2.57. The van der Waals surface area contributed by atoms with Crippen LogP contribution in [0.4, 0.5) is 54.5 Å². The van der Waals surface area contributed by atoms with Crippen LogP contribution in [0.3, 0.4) is 0 Å². The second-order valence-corrected chi connectivity index (χ2v) is 19.8. The van der Waals surface area contributed by atoms with Gasteiger partial charge >= 0.3 is 31.0 Å². The number of Topliss-reactive ketones (excluding diaryl/α,β-unsaturated/α-hetero) is 1. The van der Waals surface area contributed by atoms with Crippen LogP contribution in [0.25, 0.3) is 11.1 Å². The highest BCUT2D eigenvalue weighted by atomic mass is 19.4. The van der Waals surface area contributed by atoms with Gasteiger partial charge in [0.05, 0.1) is 61.9 Å². The number of methoxy groups -OCH3 is 2. The van der Waals surface area contributed by atoms with E-state index in [-0.39, 0.29) is 34.4 Å². The molecule has 1 saturated heterocycles. The number of nitrogens with one attached hydrogen (secondary N) is 2. The number of pyridine rings is 1. The molecule has 2 aromatic heterocycles. The van der Waals surface area contributed by atoms with E-state index < -0.39 is 121 Å². The summed E-state index contributed by atoms with van der Waals surface area (Å²) in [4.78, 5) is 59.7. The topological polar surface area (TPSA) is 177 Å². The maximum Gasteiger partial charge on any atom is 0.407 e. The van der Waals surface area contributed by atoms with Gasteiger partial charge < -0.3 is 29.5 Å². The first-order valence-corrected chi connectivity index (χ1v) is 23.9. The van der Waals surface area contributed by atoms with Crippen molar-refractivity contribution in [1.82, 2.24) is 30.5 Å². The lowest BCUT2D eigenvalue weighted by atomic mass is 9.75. The van der Waals surface area contributed by atoms with Gasteiger partial charge in [-0.25, -0.2) is 28.3 Å². The van der Waals surface area contributed by atoms with E-state index in [0.29, 0.717) is 74.6 Å². The molecule has 77 heavy (non-hydrogen) atoms. The second-order valence-electron chi connectivity index (χ2n) is 19.8. The van der Waals surface area contributed by atoms with Crippen LogP contribution >= 0.6 is 0 Å². The van der Waals surface area contributed by atoms with Crippen molar-refractivity contribution in [3.63, 3.8) is 0 Å². The van der Waals surface area contributed by atoms with Crippen LogP contribution in [0.5, 0.6) is 0 Å². The number of hydrogen-bond donors (Lipinski definition) is 3. The van der Waals surface area contributed by atoms with E-state index in [0.717, 1.165) is 32.4 Å². The molecule has 25 heteroatoms. The van der Waals surface area contributed by atoms with Gasteiger partial charge in [0.1, 0.15) is 23.5 Å². The van der Waals surface area contributed by atoms with Gasteiger partial charge in [-0.2, -0.15) is 40.2 Å². The van der Waals surface area contributed by atoms with E-state index in [4.69, 9.17) is 4.74 Å². The molecule has 15 nitrogen and oxygen atoms in total. The Morgan fingerprint density at radius 3 is 1.94 bits per heavy atom. The highest BCUT2D eigenvalue weighted by Crippen LogP contribution is 2.46. The lowest BCUT2D eigenvalue weighted by Gasteiger charge is -2.37. The molecule has 6 atom stereocenters. The standard InChI is InChI=1S/C52H59F10N7O8/c1-29-24-67(25-30(2)77-29)43-16-15-33(22-63-43)14-11-31-9-12-32(13-10-31)17-35(20-41(70)45(65-48(74)76-8)50(5,6)52(60,61)62)42(71)28-68(66-46(73)38(21-44(72)75-7)49(3,4)51(57,58)59)27-37-39(53)18-34(19-40(37)54)36-23-64-69(26-36)47(55)56/h9-10,12-13,15-16,18-19,22-23,26,29-30,35,38,42,45,47,71H,17,20-21,24-25,27-28H2,1-8H3,(H,65,74)(H,66,73)/t29-,30+,35-,38-,42+,45-/m1/s1. The third kappa shape index (κ3) is 15.7. The Morgan fingerprint density at radius 2 is 1.42 bits per heavy atom. The molecule has 0 spiro atoms. The number of hydrogen-bond acceptors (Lipinski definition) is 12. The fourth-order valence-corrected chi connectivity index (χ4v) is 8.49. The van der Waals surface area contributed by atoms with Crippen LogP contribution in [-0.4, -0.2) is 119 Å². The molecule has 2 amide bonds. The fraction of sp³-hybridized carbons (Fsp3) is 0.500. The number of amides is 2. The van der Waals surface area contributed by atoms with Crippen molar-refractivity contribution in [3.8, 4) is 23.0 Å². The largest absolute Gasteiger partial charge is 0.469 e. The molecule has 0 saturated carbocycles. The molecule has 4 aromatic rings. The van der Waals surface area contributed by atoms with E-state index in [1.165, 1.54) is 12.1 Å². The van der Waals surface area contributed by atoms with Crippen molar-refractivity contribution in [2.24, 2.45) is 22.7 Å². The number of ether oxygens (including phenoxy) is 3. The zero-order valence-corrected chi connectivity index (χ0v) is 43.2. The number of anilines is 1. The number of morpholine rings is 1. The number of aliphatic hydroxyl groups is 1. The molecule has 1 aliphatic rings. The maximum atomic E-state index is 16.0. The summed E-state index contributed by atoms with van der Waals surface area (Å²) in [7, 11) is 1.69. The van der Waals surface area contributed by atoms with Crippen molar-refractivity contribution in [1.29, 1.82) is 0 Å². The van der Waals surface area contributed by atoms with Gasteiger partial charge in [0.25, 0.3) is 0 Å². The smallest absolute Gasteiger partial charge is 0.407 e. The Morgan fingerprint density at radius 1 is 0.831 bits per heavy atom. The van der Waals surface area contributed by atoms with Crippen LogP contribution in [0.1, 0.15) is 83.2 Å². The molecule has 0 unspecified atom stereocenters. The summed E-state index contributed by atoms with van der Waals surface area (Å²) in [6.07, 6.45) is -12.9. The Labute approximate surface area is 437 Å². The number of benzene rings is 2. The Balaban J connectivity index is 1.53. The summed E-state index contributed by atoms with van der Waals surface area (Å²) in [6, 6.07) is 8.84. The Kier molecular flexibility index (Phi) is 19.9. The van der Waals surface area contributed by atoms with Gasteiger partial charge in [-0.15, -0.1) is 0 Å². The molecule has 1 aliphatic heterocycles. The van der Waals surface area contributed by atoms with Crippen molar-refractivity contribution >= 4 is 29.6 Å². The number of carbonyl (C=O) groups is 4. The number of aliphatic hydroxyl groups excluding tert-OH is 1. The average molecular weight is 1100 g/mol. The van der Waals surface area contributed by atoms with Crippen molar-refractivity contribution in [2.45, 2.75) is 111 Å². The normalized spacial score (nSPS) is 17.0. The summed E-state index contributed by atoms with van der Waals surface area (Å²) in [5.74, 6) is -3.95. The first-order valence-electron chi connectivity index (χ1n) is 23.9. The SMILES string of the molecule is COC(=O)C[C@H](C(=O)NN(Cc1c(F)cc(-c2cnn(C(F)F)c2)cc1F)C[C@H](O)[C@@H](CC(=O)[C@@H](NC(=O)OC)C(C)(C)C(F)(F)F)Cc1ccc(C#Cc2ccc(N3C[C@@H](C)O[C@@H](C)C3)nc2)cc1)C(C)(C)C(F)(F)F. The second kappa shape index (κ2) is 25.1. The number of aromatic nitrogens is 3. The van der Waals surface area contributed by atoms with Crippen molar-refractivity contribution < 1.29 is 82.4 Å². The van der Waals surface area contributed by atoms with Gasteiger partial charge in [0.2, 0.25) is 5.91 Å². The number of alkyl halides is 8. The molecular formula is C52H59F10N7O8. The third-order valence-electron chi connectivity index (χ3n) is 13.3. The summed E-state index contributed by atoms with van der Waals surface area (Å²) in [5, 5.41) is 18.0. The molecule has 420 valence electrons. The number of carbonyl (C=O) groups excluding carboxylic acids is 4. The van der Waals surface area contributed by atoms with Crippen molar-refractivity contribution in [2.75, 3.05) is 38.8 Å². The molecular weight excluding hydrogens is 1040 g/mol. The van der Waals surface area contributed by atoms with Crippen LogP contribution in [0.15, 0.2) is 67.1 Å². The minimum Gasteiger partial charge on any atom is -0.469 e. The van der Waals surface area contributed by atoms with Gasteiger partial charge in [-0.3, -0.25) is 19.8 Å². The van der Waals surface area contributed by atoms with Gasteiger partial charge in [0, 0.05) is 67.2 Å². The molecule has 3 heterocycles. The first-order chi connectivity index (χ1) is 35.8. The molecule has 0 bridgehead atoms. The van der Waals surface area contributed by atoms with Crippen molar-refractivity contribution in [3.05, 3.63) is 101 Å². The lowest BCUT2D eigenvalue weighted by molar-refractivity contribution is -0.231. The summed E-state index contributed by atoms with van der Waals surface area (Å²) in [5.41, 5.74) is -3.82. The Bertz CT molecular complexity index is 2730. The molecule has 5 rings (SSSR count). The zero-order valence-electron chi connectivity index (χ0n) is 43.2. The van der Waals surface area contributed by atoms with Crippen LogP contribution in [-0.2, 0) is 41.6 Å². The molecule has 0 radical (unpaired) electrons.